The fourth-order valence-electron chi connectivity index (χ4n) is 2.32. The molecule has 88 valence electrons. The average molecular weight is 210 g/mol. The molecular formula is C14H26O. The molecule has 1 atom stereocenters. The largest absolute Gasteiger partial charge is 0.396 e. The maximum absolute atomic E-state index is 9.24. The van der Waals surface area contributed by atoms with Crippen molar-refractivity contribution in [2.75, 3.05) is 6.61 Å². The minimum atomic E-state index is 0.0899. The van der Waals surface area contributed by atoms with Crippen molar-refractivity contribution in [2.45, 2.75) is 53.9 Å². The number of hydrogen-bond donors (Lipinski definition) is 1. The Morgan fingerprint density at radius 2 is 2.07 bits per heavy atom. The molecule has 0 saturated heterocycles. The van der Waals surface area contributed by atoms with Crippen LogP contribution in [-0.4, -0.2) is 11.7 Å². The Bertz CT molecular complexity index is 248. The fraction of sp³-hybridized carbons (Fsp3) is 0.857. The molecule has 0 aliphatic heterocycles. The molecule has 1 unspecified atom stereocenters. The lowest BCUT2D eigenvalue weighted by Gasteiger charge is -2.32. The normalized spacial score (nSPS) is 25.5. The molecule has 0 amide bonds. The number of allylic oxidation sites excluding steroid dienone is 2. The van der Waals surface area contributed by atoms with E-state index in [1.807, 2.05) is 0 Å². The van der Waals surface area contributed by atoms with Crippen molar-refractivity contribution >= 4 is 0 Å². The highest BCUT2D eigenvalue weighted by Crippen LogP contribution is 2.46. The lowest BCUT2D eigenvalue weighted by molar-refractivity contribution is 0.131. The second-order valence-electron chi connectivity index (χ2n) is 6.40. The summed E-state index contributed by atoms with van der Waals surface area (Å²) in [5.74, 6) is 0.767. The molecular weight excluding hydrogens is 184 g/mol. The molecule has 0 spiro atoms. The monoisotopic (exact) mass is 210 g/mol. The lowest BCUT2D eigenvalue weighted by Crippen LogP contribution is -2.24. The molecule has 1 aliphatic rings. The van der Waals surface area contributed by atoms with E-state index in [1.165, 1.54) is 18.4 Å². The number of rotatable bonds is 4. The van der Waals surface area contributed by atoms with Crippen molar-refractivity contribution in [3.63, 3.8) is 0 Å². The van der Waals surface area contributed by atoms with Gasteiger partial charge in [0, 0.05) is 6.61 Å². The first-order valence-electron chi connectivity index (χ1n) is 6.08. The minimum Gasteiger partial charge on any atom is -0.396 e. The average Bonchev–Trinajstić information content (AvgIpc) is 2.40. The predicted molar refractivity (Wildman–Crippen MR) is 65.7 cm³/mol. The van der Waals surface area contributed by atoms with Gasteiger partial charge in [-0.05, 0) is 42.9 Å². The van der Waals surface area contributed by atoms with Gasteiger partial charge in [-0.15, -0.1) is 0 Å². The molecule has 1 N–H and O–H groups in total. The molecule has 0 radical (unpaired) electrons. The predicted octanol–water partition coefficient (Wildman–Crippen LogP) is 3.78. The van der Waals surface area contributed by atoms with Crippen LogP contribution in [0, 0.1) is 16.7 Å². The maximum Gasteiger partial charge on any atom is 0.0482 e. The van der Waals surface area contributed by atoms with Crippen molar-refractivity contribution in [1.29, 1.82) is 0 Å². The highest BCUT2D eigenvalue weighted by Gasteiger charge is 2.35. The van der Waals surface area contributed by atoms with Crippen LogP contribution in [0.4, 0.5) is 0 Å². The van der Waals surface area contributed by atoms with Gasteiger partial charge in [0.25, 0.3) is 0 Å². The molecule has 0 aromatic heterocycles. The Kier molecular flexibility index (Phi) is 3.65. The summed E-state index contributed by atoms with van der Waals surface area (Å²) < 4.78 is 0. The molecule has 0 aromatic rings. The van der Waals surface area contributed by atoms with Crippen LogP contribution in [0.15, 0.2) is 11.6 Å². The van der Waals surface area contributed by atoms with Crippen molar-refractivity contribution in [3.05, 3.63) is 11.6 Å². The van der Waals surface area contributed by atoms with Gasteiger partial charge in [-0.3, -0.25) is 0 Å². The zero-order valence-electron chi connectivity index (χ0n) is 10.9. The zero-order chi connectivity index (χ0) is 11.7. The summed E-state index contributed by atoms with van der Waals surface area (Å²) >= 11 is 0. The van der Waals surface area contributed by atoms with Gasteiger partial charge in [0.15, 0.2) is 0 Å². The van der Waals surface area contributed by atoms with E-state index >= 15 is 0 Å². The van der Waals surface area contributed by atoms with E-state index in [0.717, 1.165) is 12.3 Å². The highest BCUT2D eigenvalue weighted by molar-refractivity contribution is 5.18. The van der Waals surface area contributed by atoms with Gasteiger partial charge < -0.3 is 5.11 Å². The van der Waals surface area contributed by atoms with Crippen LogP contribution in [0.2, 0.25) is 0 Å². The van der Waals surface area contributed by atoms with Crippen molar-refractivity contribution in [2.24, 2.45) is 16.7 Å². The van der Waals surface area contributed by atoms with E-state index in [0.29, 0.717) is 12.0 Å². The first-order valence-corrected chi connectivity index (χ1v) is 6.08. The van der Waals surface area contributed by atoms with E-state index in [4.69, 9.17) is 0 Å². The van der Waals surface area contributed by atoms with Gasteiger partial charge in [0.05, 0.1) is 0 Å². The van der Waals surface area contributed by atoms with E-state index in [1.54, 1.807) is 0 Å². The van der Waals surface area contributed by atoms with Crippen LogP contribution < -0.4 is 0 Å². The highest BCUT2D eigenvalue weighted by atomic mass is 16.3. The third-order valence-electron chi connectivity index (χ3n) is 4.34. The Labute approximate surface area is 94.6 Å². The van der Waals surface area contributed by atoms with Crippen molar-refractivity contribution < 1.29 is 5.11 Å². The number of aliphatic hydroxyl groups is 1. The van der Waals surface area contributed by atoms with Crippen LogP contribution in [0.25, 0.3) is 0 Å². The van der Waals surface area contributed by atoms with Gasteiger partial charge in [0.2, 0.25) is 0 Å². The Morgan fingerprint density at radius 1 is 1.47 bits per heavy atom. The van der Waals surface area contributed by atoms with Crippen LogP contribution in [-0.2, 0) is 0 Å². The molecule has 1 heteroatoms. The van der Waals surface area contributed by atoms with Gasteiger partial charge in [-0.2, -0.15) is 0 Å². The van der Waals surface area contributed by atoms with E-state index in [-0.39, 0.29) is 5.41 Å². The number of aliphatic hydroxyl groups excluding tert-OH is 1. The summed E-state index contributed by atoms with van der Waals surface area (Å²) in [6.07, 6.45) is 5.96. The third kappa shape index (κ3) is 2.84. The van der Waals surface area contributed by atoms with Gasteiger partial charge in [-0.25, -0.2) is 0 Å². The Balaban J connectivity index is 2.49. The van der Waals surface area contributed by atoms with E-state index < -0.39 is 0 Å². The van der Waals surface area contributed by atoms with Crippen LogP contribution in [0.3, 0.4) is 0 Å². The zero-order valence-corrected chi connectivity index (χ0v) is 10.9. The van der Waals surface area contributed by atoms with E-state index in [9.17, 15) is 5.11 Å². The first-order chi connectivity index (χ1) is 6.79. The first kappa shape index (κ1) is 12.8. The fourth-order valence-corrected chi connectivity index (χ4v) is 2.32. The SMILES string of the molecule is CC1=CCC(CCC(C)(C)CO)C1(C)C. The summed E-state index contributed by atoms with van der Waals surface area (Å²) in [4.78, 5) is 0. The molecule has 0 heterocycles. The third-order valence-corrected chi connectivity index (χ3v) is 4.34. The molecule has 1 nitrogen and oxygen atoms in total. The van der Waals surface area contributed by atoms with Crippen molar-refractivity contribution in [3.8, 4) is 0 Å². The van der Waals surface area contributed by atoms with E-state index in [2.05, 4.69) is 40.7 Å². The topological polar surface area (TPSA) is 20.2 Å². The van der Waals surface area contributed by atoms with Gasteiger partial charge in [-0.1, -0.05) is 39.3 Å². The quantitative estimate of drug-likeness (QED) is 0.700. The molecule has 1 aliphatic carbocycles. The minimum absolute atomic E-state index is 0.0899. The molecule has 1 rings (SSSR count). The van der Waals surface area contributed by atoms with Crippen molar-refractivity contribution in [1.82, 2.24) is 0 Å². The smallest absolute Gasteiger partial charge is 0.0482 e. The Morgan fingerprint density at radius 3 is 2.47 bits per heavy atom. The van der Waals surface area contributed by atoms with Gasteiger partial charge >= 0.3 is 0 Å². The molecule has 0 aromatic carbocycles. The van der Waals surface area contributed by atoms with Crippen LogP contribution >= 0.6 is 0 Å². The Hall–Kier alpha value is -0.300. The second-order valence-corrected chi connectivity index (χ2v) is 6.40. The molecule has 0 bridgehead atoms. The summed E-state index contributed by atoms with van der Waals surface area (Å²) in [5.41, 5.74) is 1.99. The molecule has 15 heavy (non-hydrogen) atoms. The van der Waals surface area contributed by atoms with Crippen LogP contribution in [0.5, 0.6) is 0 Å². The summed E-state index contributed by atoms with van der Waals surface area (Å²) in [7, 11) is 0. The van der Waals surface area contributed by atoms with Crippen LogP contribution in [0.1, 0.15) is 53.9 Å². The lowest BCUT2D eigenvalue weighted by atomic mass is 9.73. The second kappa shape index (κ2) is 4.29. The summed E-state index contributed by atoms with van der Waals surface area (Å²) in [5, 5.41) is 9.24. The maximum atomic E-state index is 9.24. The molecule has 0 saturated carbocycles. The molecule has 0 fully saturated rings. The standard InChI is InChI=1S/C14H26O/c1-11-6-7-12(14(11,4)5)8-9-13(2,3)10-15/h6,12,15H,7-10H2,1-5H3. The summed E-state index contributed by atoms with van der Waals surface area (Å²) in [6, 6.07) is 0. The number of hydrogen-bond acceptors (Lipinski definition) is 1. The summed E-state index contributed by atoms with van der Waals surface area (Å²) in [6.45, 7) is 11.5. The van der Waals surface area contributed by atoms with Gasteiger partial charge in [0.1, 0.15) is 0 Å².